The monoisotopic (exact) mass is 212 g/mol. The lowest BCUT2D eigenvalue weighted by Gasteiger charge is -2.07. The zero-order chi connectivity index (χ0) is 10.7. The maximum Gasteiger partial charge on any atom is 0.170 e. The average molecular weight is 212 g/mol. The molecule has 0 radical (unpaired) electrons. The first-order valence-electron chi connectivity index (χ1n) is 4.62. The molecule has 5 heteroatoms. The maximum atomic E-state index is 5.04. The Bertz CT molecular complexity index is 343. The van der Waals surface area contributed by atoms with Crippen LogP contribution in [0.4, 0.5) is 5.69 Å². The van der Waals surface area contributed by atoms with Crippen molar-refractivity contribution in [3.8, 4) is 0 Å². The minimum atomic E-state index is 0.617. The van der Waals surface area contributed by atoms with Crippen LogP contribution in [0.5, 0.6) is 0 Å². The van der Waals surface area contributed by atoms with Gasteiger partial charge in [0.15, 0.2) is 5.11 Å². The van der Waals surface area contributed by atoms with E-state index < -0.39 is 0 Å². The number of anilines is 1. The van der Waals surface area contributed by atoms with Crippen LogP contribution in [0.2, 0.25) is 0 Å². The van der Waals surface area contributed by atoms with Crippen LogP contribution in [0, 0.1) is 13.8 Å². The molecule has 0 amide bonds. The normalized spacial score (nSPS) is 10.0. The van der Waals surface area contributed by atoms with E-state index >= 15 is 0 Å². The fourth-order valence-corrected chi connectivity index (χ4v) is 1.46. The summed E-state index contributed by atoms with van der Waals surface area (Å²) < 4.78 is 1.95. The Morgan fingerprint density at radius 3 is 2.57 bits per heavy atom. The average Bonchev–Trinajstić information content (AvgIpc) is 2.44. The SMILES string of the molecule is CCn1nc(C)c(NC(=S)NC)c1C. The van der Waals surface area contributed by atoms with E-state index in [0.29, 0.717) is 5.11 Å². The molecule has 0 saturated heterocycles. The predicted molar refractivity (Wildman–Crippen MR) is 62.7 cm³/mol. The molecular formula is C9H16N4S. The molecule has 1 rings (SSSR count). The van der Waals surface area contributed by atoms with Crippen molar-refractivity contribution in [1.82, 2.24) is 15.1 Å². The molecule has 1 heterocycles. The van der Waals surface area contributed by atoms with Crippen molar-refractivity contribution in [2.75, 3.05) is 12.4 Å². The number of nitrogens with one attached hydrogen (secondary N) is 2. The van der Waals surface area contributed by atoms with Crippen LogP contribution in [0.25, 0.3) is 0 Å². The molecule has 1 aromatic rings. The Morgan fingerprint density at radius 2 is 2.14 bits per heavy atom. The second-order valence-corrected chi connectivity index (χ2v) is 3.47. The highest BCUT2D eigenvalue weighted by Crippen LogP contribution is 2.18. The quantitative estimate of drug-likeness (QED) is 0.728. The Balaban J connectivity index is 2.96. The molecule has 0 saturated carbocycles. The summed E-state index contributed by atoms with van der Waals surface area (Å²) in [5, 5.41) is 11.0. The summed E-state index contributed by atoms with van der Waals surface area (Å²) >= 11 is 5.04. The Morgan fingerprint density at radius 1 is 1.50 bits per heavy atom. The third kappa shape index (κ3) is 2.04. The Kier molecular flexibility index (Phi) is 3.46. The molecular weight excluding hydrogens is 196 g/mol. The number of nitrogens with zero attached hydrogens (tertiary/aromatic N) is 2. The van der Waals surface area contributed by atoms with Gasteiger partial charge in [0.25, 0.3) is 0 Å². The van der Waals surface area contributed by atoms with Crippen molar-refractivity contribution in [3.63, 3.8) is 0 Å². The van der Waals surface area contributed by atoms with Crippen molar-refractivity contribution >= 4 is 23.0 Å². The fraction of sp³-hybridized carbons (Fsp3) is 0.556. The van der Waals surface area contributed by atoms with Gasteiger partial charge >= 0.3 is 0 Å². The molecule has 0 aromatic carbocycles. The number of hydrogen-bond donors (Lipinski definition) is 2. The summed E-state index contributed by atoms with van der Waals surface area (Å²) in [6, 6.07) is 0. The molecule has 1 aromatic heterocycles. The van der Waals surface area contributed by atoms with Crippen molar-refractivity contribution < 1.29 is 0 Å². The minimum Gasteiger partial charge on any atom is -0.366 e. The second-order valence-electron chi connectivity index (χ2n) is 3.07. The molecule has 2 N–H and O–H groups in total. The van der Waals surface area contributed by atoms with E-state index in [2.05, 4.69) is 22.7 Å². The highest BCUT2D eigenvalue weighted by molar-refractivity contribution is 7.80. The summed E-state index contributed by atoms with van der Waals surface area (Å²) in [4.78, 5) is 0. The van der Waals surface area contributed by atoms with Crippen LogP contribution in [-0.4, -0.2) is 21.9 Å². The molecule has 0 unspecified atom stereocenters. The lowest BCUT2D eigenvalue weighted by atomic mass is 10.3. The first-order chi connectivity index (χ1) is 6.60. The highest BCUT2D eigenvalue weighted by Gasteiger charge is 2.10. The van der Waals surface area contributed by atoms with Crippen LogP contribution in [0.1, 0.15) is 18.3 Å². The zero-order valence-corrected chi connectivity index (χ0v) is 9.83. The second kappa shape index (κ2) is 4.41. The van der Waals surface area contributed by atoms with E-state index in [1.807, 2.05) is 18.5 Å². The number of aryl methyl sites for hydroxylation is 2. The summed E-state index contributed by atoms with van der Waals surface area (Å²) in [5.41, 5.74) is 3.09. The molecule has 0 spiro atoms. The molecule has 78 valence electrons. The molecule has 0 atom stereocenters. The van der Waals surface area contributed by atoms with E-state index in [0.717, 1.165) is 23.6 Å². The molecule has 0 bridgehead atoms. The smallest absolute Gasteiger partial charge is 0.170 e. The first-order valence-corrected chi connectivity index (χ1v) is 5.03. The number of thiocarbonyl (C=S) groups is 1. The van der Waals surface area contributed by atoms with E-state index in [-0.39, 0.29) is 0 Å². The lowest BCUT2D eigenvalue weighted by molar-refractivity contribution is 0.634. The number of rotatable bonds is 2. The fourth-order valence-electron chi connectivity index (χ4n) is 1.36. The molecule has 0 aliphatic rings. The van der Waals surface area contributed by atoms with Gasteiger partial charge in [0.2, 0.25) is 0 Å². The van der Waals surface area contributed by atoms with Gasteiger partial charge in [-0.3, -0.25) is 4.68 Å². The van der Waals surface area contributed by atoms with E-state index in [1.165, 1.54) is 0 Å². The molecule has 0 aliphatic carbocycles. The van der Waals surface area contributed by atoms with Gasteiger partial charge in [0.05, 0.1) is 17.1 Å². The van der Waals surface area contributed by atoms with Gasteiger partial charge < -0.3 is 10.6 Å². The van der Waals surface area contributed by atoms with Gasteiger partial charge in [0, 0.05) is 13.6 Å². The first kappa shape index (κ1) is 11.0. The van der Waals surface area contributed by atoms with Crippen molar-refractivity contribution in [1.29, 1.82) is 0 Å². The highest BCUT2D eigenvalue weighted by atomic mass is 32.1. The van der Waals surface area contributed by atoms with Crippen LogP contribution in [0.15, 0.2) is 0 Å². The molecule has 0 aliphatic heterocycles. The van der Waals surface area contributed by atoms with Crippen LogP contribution in [0.3, 0.4) is 0 Å². The van der Waals surface area contributed by atoms with E-state index in [1.54, 1.807) is 7.05 Å². The van der Waals surface area contributed by atoms with E-state index in [4.69, 9.17) is 12.2 Å². The number of hydrogen-bond acceptors (Lipinski definition) is 2. The van der Waals surface area contributed by atoms with Gasteiger partial charge in [0.1, 0.15) is 0 Å². The summed E-state index contributed by atoms with van der Waals surface area (Å²) in [6.45, 7) is 6.95. The molecule has 4 nitrogen and oxygen atoms in total. The standard InChI is InChI=1S/C9H16N4S/c1-5-13-7(3)8(6(2)12-13)11-9(14)10-4/h5H2,1-4H3,(H2,10,11,14). The van der Waals surface area contributed by atoms with Crippen LogP contribution < -0.4 is 10.6 Å². The maximum absolute atomic E-state index is 5.04. The number of aromatic nitrogens is 2. The summed E-state index contributed by atoms with van der Waals surface area (Å²) in [5.74, 6) is 0. The largest absolute Gasteiger partial charge is 0.366 e. The third-order valence-electron chi connectivity index (χ3n) is 2.15. The van der Waals surface area contributed by atoms with Gasteiger partial charge in [-0.25, -0.2) is 0 Å². The lowest BCUT2D eigenvalue weighted by Crippen LogP contribution is -2.24. The van der Waals surface area contributed by atoms with E-state index in [9.17, 15) is 0 Å². The topological polar surface area (TPSA) is 41.9 Å². The van der Waals surface area contributed by atoms with Crippen molar-refractivity contribution in [3.05, 3.63) is 11.4 Å². The minimum absolute atomic E-state index is 0.617. The molecule has 14 heavy (non-hydrogen) atoms. The van der Waals surface area contributed by atoms with Gasteiger partial charge in [-0.05, 0) is 33.0 Å². The zero-order valence-electron chi connectivity index (χ0n) is 9.01. The van der Waals surface area contributed by atoms with Crippen LogP contribution >= 0.6 is 12.2 Å². The summed E-state index contributed by atoms with van der Waals surface area (Å²) in [7, 11) is 1.80. The van der Waals surface area contributed by atoms with Crippen LogP contribution in [-0.2, 0) is 6.54 Å². The third-order valence-corrected chi connectivity index (χ3v) is 2.45. The van der Waals surface area contributed by atoms with Gasteiger partial charge in [-0.1, -0.05) is 0 Å². The Labute approximate surface area is 89.7 Å². The van der Waals surface area contributed by atoms with Crippen molar-refractivity contribution in [2.24, 2.45) is 0 Å². The predicted octanol–water partition coefficient (Wildman–Crippen LogP) is 1.44. The van der Waals surface area contributed by atoms with Gasteiger partial charge in [-0.2, -0.15) is 5.10 Å². The molecule has 0 fully saturated rings. The van der Waals surface area contributed by atoms with Gasteiger partial charge in [-0.15, -0.1) is 0 Å². The van der Waals surface area contributed by atoms with Crippen molar-refractivity contribution in [2.45, 2.75) is 27.3 Å². The Hall–Kier alpha value is -1.10. The summed E-state index contributed by atoms with van der Waals surface area (Å²) in [6.07, 6.45) is 0.